The molecule has 0 N–H and O–H groups in total. The standard InChI is InChI=1S/C21H29N3O7S/c1-21(2,3)30-20(25)24-10-8-14(9-11-24)29-13-18-22-19(31-23-18)16-7-6-15(32(5,26)27)12-17(16)28-4/h6-7,12,14H,8-11,13H2,1-5H3. The molecule has 1 aromatic carbocycles. The van der Waals surface area contributed by atoms with Gasteiger partial charge in [0.25, 0.3) is 5.89 Å². The zero-order chi connectivity index (χ0) is 23.5. The van der Waals surface area contributed by atoms with Gasteiger partial charge < -0.3 is 23.6 Å². The number of amides is 1. The molecule has 11 heteroatoms. The number of benzene rings is 1. The van der Waals surface area contributed by atoms with E-state index in [1.54, 1.807) is 11.0 Å². The molecule has 1 aromatic heterocycles. The third kappa shape index (κ3) is 6.19. The quantitative estimate of drug-likeness (QED) is 0.631. The SMILES string of the molecule is COc1cc(S(C)(=O)=O)ccc1-c1nc(COC2CCN(C(=O)OC(C)(C)C)CC2)no1. The summed E-state index contributed by atoms with van der Waals surface area (Å²) in [7, 11) is -1.93. The molecular weight excluding hydrogens is 438 g/mol. The molecule has 0 spiro atoms. The van der Waals surface area contributed by atoms with Crippen LogP contribution in [0.15, 0.2) is 27.6 Å². The molecule has 176 valence electrons. The van der Waals surface area contributed by atoms with Gasteiger partial charge in [0.15, 0.2) is 15.7 Å². The van der Waals surface area contributed by atoms with Crippen LogP contribution in [0.3, 0.4) is 0 Å². The summed E-state index contributed by atoms with van der Waals surface area (Å²) in [5, 5.41) is 3.94. The second-order valence-electron chi connectivity index (χ2n) is 8.63. The number of carbonyl (C=O) groups is 1. The fourth-order valence-electron chi connectivity index (χ4n) is 3.22. The molecule has 0 bridgehead atoms. The molecule has 1 fully saturated rings. The Morgan fingerprint density at radius 2 is 1.94 bits per heavy atom. The fourth-order valence-corrected chi connectivity index (χ4v) is 3.86. The van der Waals surface area contributed by atoms with Gasteiger partial charge >= 0.3 is 6.09 Å². The molecule has 1 aliphatic rings. The Morgan fingerprint density at radius 1 is 1.25 bits per heavy atom. The lowest BCUT2D eigenvalue weighted by Crippen LogP contribution is -2.43. The van der Waals surface area contributed by atoms with Crippen LogP contribution in [-0.4, -0.2) is 67.7 Å². The van der Waals surface area contributed by atoms with Crippen molar-refractivity contribution in [2.45, 2.75) is 56.8 Å². The van der Waals surface area contributed by atoms with Crippen LogP contribution >= 0.6 is 0 Å². The van der Waals surface area contributed by atoms with Crippen molar-refractivity contribution >= 4 is 15.9 Å². The Labute approximate surface area is 187 Å². The predicted molar refractivity (Wildman–Crippen MR) is 115 cm³/mol. The Bertz CT molecular complexity index is 1050. The topological polar surface area (TPSA) is 121 Å². The molecular formula is C21H29N3O7S. The van der Waals surface area contributed by atoms with Crippen molar-refractivity contribution in [2.24, 2.45) is 0 Å². The molecule has 0 saturated carbocycles. The molecule has 10 nitrogen and oxygen atoms in total. The number of hydrogen-bond donors (Lipinski definition) is 0. The van der Waals surface area contributed by atoms with Crippen molar-refractivity contribution in [3.8, 4) is 17.2 Å². The van der Waals surface area contributed by atoms with E-state index in [0.29, 0.717) is 43.1 Å². The number of rotatable bonds is 6. The van der Waals surface area contributed by atoms with E-state index in [0.717, 1.165) is 6.26 Å². The highest BCUT2D eigenvalue weighted by atomic mass is 32.2. The molecule has 1 aliphatic heterocycles. The van der Waals surface area contributed by atoms with Gasteiger partial charge in [-0.3, -0.25) is 0 Å². The van der Waals surface area contributed by atoms with Crippen molar-refractivity contribution in [2.75, 3.05) is 26.5 Å². The summed E-state index contributed by atoms with van der Waals surface area (Å²) >= 11 is 0. The van der Waals surface area contributed by atoms with E-state index in [-0.39, 0.29) is 29.6 Å². The average molecular weight is 468 g/mol. The molecule has 0 radical (unpaired) electrons. The Balaban J connectivity index is 1.56. The van der Waals surface area contributed by atoms with E-state index in [1.165, 1.54) is 19.2 Å². The van der Waals surface area contributed by atoms with E-state index >= 15 is 0 Å². The van der Waals surface area contributed by atoms with Gasteiger partial charge in [-0.2, -0.15) is 4.98 Å². The van der Waals surface area contributed by atoms with E-state index in [4.69, 9.17) is 18.7 Å². The summed E-state index contributed by atoms with van der Waals surface area (Å²) < 4.78 is 45.4. The van der Waals surface area contributed by atoms with Crippen molar-refractivity contribution in [1.29, 1.82) is 0 Å². The number of aromatic nitrogens is 2. The second kappa shape index (κ2) is 9.45. The maximum Gasteiger partial charge on any atom is 0.410 e. The van der Waals surface area contributed by atoms with Crippen molar-refractivity contribution in [3.63, 3.8) is 0 Å². The van der Waals surface area contributed by atoms with Crippen LogP contribution in [0.1, 0.15) is 39.4 Å². The van der Waals surface area contributed by atoms with Crippen LogP contribution < -0.4 is 4.74 Å². The van der Waals surface area contributed by atoms with Crippen LogP contribution in [0.5, 0.6) is 5.75 Å². The van der Waals surface area contributed by atoms with Gasteiger partial charge in [-0.1, -0.05) is 5.16 Å². The van der Waals surface area contributed by atoms with Crippen molar-refractivity contribution < 1.29 is 31.9 Å². The van der Waals surface area contributed by atoms with Gasteiger partial charge in [-0.15, -0.1) is 0 Å². The van der Waals surface area contributed by atoms with Gasteiger partial charge in [0, 0.05) is 19.3 Å². The first kappa shape index (κ1) is 24.0. The molecule has 0 unspecified atom stereocenters. The minimum atomic E-state index is -3.37. The molecule has 32 heavy (non-hydrogen) atoms. The van der Waals surface area contributed by atoms with Gasteiger partial charge in [-0.05, 0) is 51.8 Å². The number of methoxy groups -OCH3 is 1. The van der Waals surface area contributed by atoms with Crippen molar-refractivity contribution in [3.05, 3.63) is 24.0 Å². The van der Waals surface area contributed by atoms with Gasteiger partial charge in [0.05, 0.1) is 23.7 Å². The molecule has 2 heterocycles. The predicted octanol–water partition coefficient (Wildman–Crippen LogP) is 3.06. The number of ether oxygens (including phenoxy) is 3. The van der Waals surface area contributed by atoms with Crippen LogP contribution in [0.4, 0.5) is 4.79 Å². The van der Waals surface area contributed by atoms with E-state index in [9.17, 15) is 13.2 Å². The average Bonchev–Trinajstić information content (AvgIpc) is 3.19. The van der Waals surface area contributed by atoms with E-state index in [1.807, 2.05) is 20.8 Å². The summed E-state index contributed by atoms with van der Waals surface area (Å²) in [6.07, 6.45) is 2.16. The first-order valence-corrected chi connectivity index (χ1v) is 12.2. The lowest BCUT2D eigenvalue weighted by molar-refractivity contribution is -0.0190. The largest absolute Gasteiger partial charge is 0.496 e. The maximum absolute atomic E-state index is 12.2. The number of likely N-dealkylation sites (tertiary alicyclic amines) is 1. The fraction of sp³-hybridized carbons (Fsp3) is 0.571. The minimum absolute atomic E-state index is 0.0285. The van der Waals surface area contributed by atoms with Gasteiger partial charge in [0.1, 0.15) is 18.0 Å². The molecule has 2 aromatic rings. The lowest BCUT2D eigenvalue weighted by atomic mass is 10.1. The molecule has 0 aliphatic carbocycles. The second-order valence-corrected chi connectivity index (χ2v) is 10.6. The van der Waals surface area contributed by atoms with Crippen LogP contribution in [-0.2, 0) is 25.9 Å². The first-order chi connectivity index (χ1) is 15.0. The van der Waals surface area contributed by atoms with Crippen molar-refractivity contribution in [1.82, 2.24) is 15.0 Å². The van der Waals surface area contributed by atoms with Crippen LogP contribution in [0, 0.1) is 0 Å². The van der Waals surface area contributed by atoms with Gasteiger partial charge in [0.2, 0.25) is 0 Å². The van der Waals surface area contributed by atoms with Gasteiger partial charge in [-0.25, -0.2) is 13.2 Å². The Hall–Kier alpha value is -2.66. The summed E-state index contributed by atoms with van der Waals surface area (Å²) in [5.41, 5.74) is -0.0292. The summed E-state index contributed by atoms with van der Waals surface area (Å²) in [6, 6.07) is 4.45. The highest BCUT2D eigenvalue weighted by Gasteiger charge is 2.27. The highest BCUT2D eigenvalue weighted by molar-refractivity contribution is 7.90. The summed E-state index contributed by atoms with van der Waals surface area (Å²) in [4.78, 5) is 18.3. The number of piperidine rings is 1. The Morgan fingerprint density at radius 3 is 2.53 bits per heavy atom. The van der Waals surface area contributed by atoms with E-state index in [2.05, 4.69) is 10.1 Å². The first-order valence-electron chi connectivity index (χ1n) is 10.3. The number of nitrogens with zero attached hydrogens (tertiary/aromatic N) is 3. The maximum atomic E-state index is 12.2. The minimum Gasteiger partial charge on any atom is -0.496 e. The third-order valence-corrected chi connectivity index (χ3v) is 5.95. The van der Waals surface area contributed by atoms with Crippen LogP contribution in [0.25, 0.3) is 11.5 Å². The number of sulfone groups is 1. The zero-order valence-electron chi connectivity index (χ0n) is 19.0. The molecule has 3 rings (SSSR count). The highest BCUT2D eigenvalue weighted by Crippen LogP contribution is 2.31. The molecule has 0 atom stereocenters. The molecule has 1 saturated heterocycles. The summed E-state index contributed by atoms with van der Waals surface area (Å²) in [6.45, 7) is 6.80. The lowest BCUT2D eigenvalue weighted by Gasteiger charge is -2.33. The summed E-state index contributed by atoms with van der Waals surface area (Å²) in [5.74, 6) is 0.891. The smallest absolute Gasteiger partial charge is 0.410 e. The Kier molecular flexibility index (Phi) is 7.09. The molecule has 1 amide bonds. The number of hydrogen-bond acceptors (Lipinski definition) is 9. The zero-order valence-corrected chi connectivity index (χ0v) is 19.8. The third-order valence-electron chi connectivity index (χ3n) is 4.84. The monoisotopic (exact) mass is 467 g/mol. The number of carbonyl (C=O) groups excluding carboxylic acids is 1. The van der Waals surface area contributed by atoms with Crippen LogP contribution in [0.2, 0.25) is 0 Å². The normalized spacial score (nSPS) is 15.6. The van der Waals surface area contributed by atoms with E-state index < -0.39 is 15.4 Å².